The van der Waals surface area contributed by atoms with Gasteiger partial charge in [0.2, 0.25) is 0 Å². The Bertz CT molecular complexity index is 289. The van der Waals surface area contributed by atoms with Gasteiger partial charge in [-0.3, -0.25) is 0 Å². The van der Waals surface area contributed by atoms with E-state index in [1.165, 1.54) is 11.1 Å². The summed E-state index contributed by atoms with van der Waals surface area (Å²) in [5, 5.41) is 0. The molecule has 0 amide bonds. The lowest BCUT2D eigenvalue weighted by Crippen LogP contribution is -2.04. The molecule has 1 aromatic carbocycles. The Morgan fingerprint density at radius 2 is 2.09 bits per heavy atom. The Hall–Kier alpha value is -0.560. The second kappa shape index (κ2) is 2.82. The van der Waals surface area contributed by atoms with E-state index in [2.05, 4.69) is 52.3 Å². The van der Waals surface area contributed by atoms with Gasteiger partial charge in [-0.25, -0.2) is 0 Å². The van der Waals surface area contributed by atoms with Crippen LogP contribution in [0.4, 0.5) is 0 Å². The summed E-state index contributed by atoms with van der Waals surface area (Å²) < 4.78 is 0. The Morgan fingerprint density at radius 1 is 1.27 bits per heavy atom. The lowest BCUT2D eigenvalue weighted by Gasteiger charge is -2.13. The third-order valence-electron chi connectivity index (χ3n) is 1.95. The standard InChI is InChI=1S/C10H9Br/c11-10-6-5-8-3-1-2-4-9(8)7-10/h1-6,10H,7H2. The van der Waals surface area contributed by atoms with Crippen LogP contribution in [0.3, 0.4) is 0 Å². The predicted molar refractivity (Wildman–Crippen MR) is 51.9 cm³/mol. The molecule has 1 aliphatic carbocycles. The normalized spacial score (nSPS) is 21.4. The van der Waals surface area contributed by atoms with Gasteiger partial charge in [-0.05, 0) is 17.5 Å². The minimum absolute atomic E-state index is 0.525. The summed E-state index contributed by atoms with van der Waals surface area (Å²) >= 11 is 3.57. The van der Waals surface area contributed by atoms with E-state index < -0.39 is 0 Å². The van der Waals surface area contributed by atoms with Crippen LogP contribution < -0.4 is 0 Å². The molecular formula is C10H9Br. The molecule has 1 aromatic rings. The van der Waals surface area contributed by atoms with Crippen molar-refractivity contribution in [2.24, 2.45) is 0 Å². The number of alkyl halides is 1. The zero-order chi connectivity index (χ0) is 7.68. The van der Waals surface area contributed by atoms with Crippen molar-refractivity contribution in [1.82, 2.24) is 0 Å². The zero-order valence-corrected chi connectivity index (χ0v) is 7.71. The molecule has 0 heterocycles. The summed E-state index contributed by atoms with van der Waals surface area (Å²) in [5.41, 5.74) is 2.81. The first kappa shape index (κ1) is 7.11. The summed E-state index contributed by atoms with van der Waals surface area (Å²) in [5.74, 6) is 0. The highest BCUT2D eigenvalue weighted by Crippen LogP contribution is 2.22. The first-order valence-electron chi connectivity index (χ1n) is 3.76. The highest BCUT2D eigenvalue weighted by Gasteiger charge is 2.08. The molecule has 1 atom stereocenters. The van der Waals surface area contributed by atoms with Crippen molar-refractivity contribution in [3.8, 4) is 0 Å². The van der Waals surface area contributed by atoms with Crippen molar-refractivity contribution >= 4 is 22.0 Å². The van der Waals surface area contributed by atoms with Crippen molar-refractivity contribution in [1.29, 1.82) is 0 Å². The van der Waals surface area contributed by atoms with Crippen molar-refractivity contribution in [2.45, 2.75) is 11.2 Å². The average Bonchev–Trinajstić information content (AvgIpc) is 2.04. The average molecular weight is 209 g/mol. The van der Waals surface area contributed by atoms with Gasteiger partial charge < -0.3 is 0 Å². The van der Waals surface area contributed by atoms with Crippen LogP contribution in [0.15, 0.2) is 30.3 Å². The van der Waals surface area contributed by atoms with Gasteiger partial charge in [-0.1, -0.05) is 52.3 Å². The third kappa shape index (κ3) is 1.38. The Balaban J connectivity index is 2.46. The predicted octanol–water partition coefficient (Wildman–Crippen LogP) is 3.02. The van der Waals surface area contributed by atoms with Crippen molar-refractivity contribution < 1.29 is 0 Å². The van der Waals surface area contributed by atoms with Crippen LogP contribution >= 0.6 is 15.9 Å². The minimum atomic E-state index is 0.525. The number of fused-ring (bicyclic) bond motifs is 1. The van der Waals surface area contributed by atoms with Gasteiger partial charge in [0.05, 0.1) is 0 Å². The fourth-order valence-electron chi connectivity index (χ4n) is 1.37. The fourth-order valence-corrected chi connectivity index (χ4v) is 1.87. The second-order valence-electron chi connectivity index (χ2n) is 2.78. The molecule has 0 saturated heterocycles. The van der Waals surface area contributed by atoms with Crippen LogP contribution in [0.2, 0.25) is 0 Å². The largest absolute Gasteiger partial charge is 0.0842 e. The number of allylic oxidation sites excluding steroid dienone is 1. The number of halogens is 1. The van der Waals surface area contributed by atoms with E-state index in [1.807, 2.05) is 0 Å². The van der Waals surface area contributed by atoms with Gasteiger partial charge in [-0.2, -0.15) is 0 Å². The summed E-state index contributed by atoms with van der Waals surface area (Å²) in [6.07, 6.45) is 5.49. The van der Waals surface area contributed by atoms with E-state index in [0.29, 0.717) is 4.83 Å². The summed E-state index contributed by atoms with van der Waals surface area (Å²) in [6.45, 7) is 0. The smallest absolute Gasteiger partial charge is 0.0369 e. The molecule has 0 spiro atoms. The maximum Gasteiger partial charge on any atom is 0.0369 e. The quantitative estimate of drug-likeness (QED) is 0.576. The van der Waals surface area contributed by atoms with Crippen molar-refractivity contribution in [3.05, 3.63) is 41.5 Å². The van der Waals surface area contributed by atoms with Crippen LogP contribution in [0.5, 0.6) is 0 Å². The molecule has 0 aliphatic heterocycles. The Labute approximate surface area is 75.1 Å². The lowest BCUT2D eigenvalue weighted by molar-refractivity contribution is 1.02. The van der Waals surface area contributed by atoms with E-state index in [4.69, 9.17) is 0 Å². The first-order valence-corrected chi connectivity index (χ1v) is 4.68. The van der Waals surface area contributed by atoms with Gasteiger partial charge >= 0.3 is 0 Å². The molecule has 1 unspecified atom stereocenters. The second-order valence-corrected chi connectivity index (χ2v) is 3.95. The molecule has 0 fully saturated rings. The van der Waals surface area contributed by atoms with E-state index >= 15 is 0 Å². The van der Waals surface area contributed by atoms with Crippen LogP contribution in [0, 0.1) is 0 Å². The van der Waals surface area contributed by atoms with Crippen molar-refractivity contribution in [2.75, 3.05) is 0 Å². The minimum Gasteiger partial charge on any atom is -0.0842 e. The van der Waals surface area contributed by atoms with Crippen LogP contribution in [-0.2, 0) is 6.42 Å². The van der Waals surface area contributed by atoms with Gasteiger partial charge in [-0.15, -0.1) is 0 Å². The topological polar surface area (TPSA) is 0 Å². The molecule has 56 valence electrons. The van der Waals surface area contributed by atoms with Gasteiger partial charge in [0.25, 0.3) is 0 Å². The molecule has 0 N–H and O–H groups in total. The molecular weight excluding hydrogens is 200 g/mol. The molecule has 1 heteroatoms. The number of hydrogen-bond acceptors (Lipinski definition) is 0. The lowest BCUT2D eigenvalue weighted by atomic mass is 9.98. The molecule has 2 rings (SSSR count). The SMILES string of the molecule is BrC1C=Cc2ccccc2C1. The highest BCUT2D eigenvalue weighted by atomic mass is 79.9. The van der Waals surface area contributed by atoms with E-state index in [-0.39, 0.29) is 0 Å². The van der Waals surface area contributed by atoms with E-state index in [0.717, 1.165) is 6.42 Å². The molecule has 1 aliphatic rings. The van der Waals surface area contributed by atoms with Gasteiger partial charge in [0.1, 0.15) is 0 Å². The zero-order valence-electron chi connectivity index (χ0n) is 6.13. The van der Waals surface area contributed by atoms with Crippen molar-refractivity contribution in [3.63, 3.8) is 0 Å². The van der Waals surface area contributed by atoms with Crippen LogP contribution in [0.25, 0.3) is 6.08 Å². The molecule has 11 heavy (non-hydrogen) atoms. The number of rotatable bonds is 0. The summed E-state index contributed by atoms with van der Waals surface area (Å²) in [7, 11) is 0. The highest BCUT2D eigenvalue weighted by molar-refractivity contribution is 9.09. The first-order chi connectivity index (χ1) is 5.36. The Morgan fingerprint density at radius 3 is 3.00 bits per heavy atom. The molecule has 0 bridgehead atoms. The van der Waals surface area contributed by atoms with Crippen LogP contribution in [0.1, 0.15) is 11.1 Å². The van der Waals surface area contributed by atoms with Gasteiger partial charge in [0, 0.05) is 4.83 Å². The number of hydrogen-bond donors (Lipinski definition) is 0. The molecule has 0 saturated carbocycles. The van der Waals surface area contributed by atoms with Crippen LogP contribution in [-0.4, -0.2) is 4.83 Å². The maximum atomic E-state index is 3.57. The monoisotopic (exact) mass is 208 g/mol. The Kier molecular flexibility index (Phi) is 1.82. The summed E-state index contributed by atoms with van der Waals surface area (Å²) in [4.78, 5) is 0.525. The number of benzene rings is 1. The summed E-state index contributed by atoms with van der Waals surface area (Å²) in [6, 6.07) is 8.52. The van der Waals surface area contributed by atoms with E-state index in [1.54, 1.807) is 0 Å². The maximum absolute atomic E-state index is 3.57. The third-order valence-corrected chi connectivity index (χ3v) is 2.58. The van der Waals surface area contributed by atoms with Gasteiger partial charge in [0.15, 0.2) is 0 Å². The molecule has 0 aromatic heterocycles. The molecule has 0 nitrogen and oxygen atoms in total. The van der Waals surface area contributed by atoms with E-state index in [9.17, 15) is 0 Å². The molecule has 0 radical (unpaired) electrons. The fraction of sp³-hybridized carbons (Fsp3) is 0.200.